The highest BCUT2D eigenvalue weighted by Crippen LogP contribution is 2.38. The molecule has 0 unspecified atom stereocenters. The minimum Gasteiger partial charge on any atom is -0.478 e. The van der Waals surface area contributed by atoms with E-state index in [0.717, 1.165) is 6.08 Å². The quantitative estimate of drug-likeness (QED) is 0.851. The van der Waals surface area contributed by atoms with Gasteiger partial charge in [0.15, 0.2) is 0 Å². The van der Waals surface area contributed by atoms with Gasteiger partial charge >= 0.3 is 5.97 Å². The van der Waals surface area contributed by atoms with E-state index in [4.69, 9.17) is 5.11 Å². The summed E-state index contributed by atoms with van der Waals surface area (Å²) < 4.78 is 13.9. The van der Waals surface area contributed by atoms with Gasteiger partial charge in [-0.1, -0.05) is 26.0 Å². The van der Waals surface area contributed by atoms with Crippen molar-refractivity contribution in [3.63, 3.8) is 0 Å². The number of hydrogen-bond acceptors (Lipinski definition) is 2. The number of aliphatic carboxylic acids is 1. The zero-order chi connectivity index (χ0) is 14.2. The van der Waals surface area contributed by atoms with Crippen LogP contribution in [-0.2, 0) is 9.59 Å². The molecule has 0 spiro atoms. The van der Waals surface area contributed by atoms with Crippen LogP contribution in [0.4, 0.5) is 10.1 Å². The Morgan fingerprint density at radius 3 is 2.74 bits per heavy atom. The zero-order valence-electron chi connectivity index (χ0n) is 10.7. The van der Waals surface area contributed by atoms with Crippen molar-refractivity contribution in [2.75, 3.05) is 11.4 Å². The fourth-order valence-corrected chi connectivity index (χ4v) is 2.17. The maximum absolute atomic E-state index is 13.9. The molecule has 1 amide bonds. The van der Waals surface area contributed by atoms with Crippen LogP contribution >= 0.6 is 0 Å². The predicted molar refractivity (Wildman–Crippen MR) is 69.2 cm³/mol. The third-order valence-electron chi connectivity index (χ3n) is 2.84. The van der Waals surface area contributed by atoms with Crippen molar-refractivity contribution in [1.82, 2.24) is 0 Å². The topological polar surface area (TPSA) is 57.6 Å². The number of hydrogen-bond donors (Lipinski definition) is 1. The lowest BCUT2D eigenvalue weighted by Crippen LogP contribution is -2.31. The third kappa shape index (κ3) is 2.36. The Hall–Kier alpha value is -2.17. The monoisotopic (exact) mass is 263 g/mol. The standard InChI is InChI=1S/C14H14FNO3/c1-8(2)7-16-13-9(4-3-5-11(13)15)10(14(16)19)6-12(17)18/h3-6,8H,7H2,1-2H3,(H,17,18)/b10-6-. The number of anilines is 1. The van der Waals surface area contributed by atoms with Crippen LogP contribution in [0, 0.1) is 11.7 Å². The van der Waals surface area contributed by atoms with E-state index in [-0.39, 0.29) is 17.2 Å². The number of halogens is 1. The summed E-state index contributed by atoms with van der Waals surface area (Å²) in [5.41, 5.74) is 0.546. The molecule has 1 aliphatic rings. The van der Waals surface area contributed by atoms with Gasteiger partial charge in [0.05, 0.1) is 11.3 Å². The molecule has 4 nitrogen and oxygen atoms in total. The Morgan fingerprint density at radius 1 is 1.47 bits per heavy atom. The molecule has 1 aromatic carbocycles. The van der Waals surface area contributed by atoms with Crippen LogP contribution in [0.15, 0.2) is 24.3 Å². The van der Waals surface area contributed by atoms with Crippen molar-refractivity contribution in [3.8, 4) is 0 Å². The van der Waals surface area contributed by atoms with Crippen LogP contribution in [0.25, 0.3) is 5.57 Å². The van der Waals surface area contributed by atoms with Gasteiger partial charge < -0.3 is 10.0 Å². The van der Waals surface area contributed by atoms with Crippen molar-refractivity contribution >= 4 is 23.1 Å². The summed E-state index contributed by atoms with van der Waals surface area (Å²) in [5.74, 6) is -2.04. The van der Waals surface area contributed by atoms with Gasteiger partial charge in [-0.2, -0.15) is 0 Å². The SMILES string of the molecule is CC(C)CN1C(=O)/C(=C\C(=O)O)c2cccc(F)c21. The van der Waals surface area contributed by atoms with Gasteiger partial charge in [0.25, 0.3) is 5.91 Å². The summed E-state index contributed by atoms with van der Waals surface area (Å²) >= 11 is 0. The summed E-state index contributed by atoms with van der Waals surface area (Å²) in [6.45, 7) is 4.17. The fraction of sp³-hybridized carbons (Fsp3) is 0.286. The molecule has 19 heavy (non-hydrogen) atoms. The van der Waals surface area contributed by atoms with E-state index in [1.54, 1.807) is 6.07 Å². The molecule has 0 aromatic heterocycles. The van der Waals surface area contributed by atoms with Gasteiger partial charge in [0.1, 0.15) is 5.82 Å². The van der Waals surface area contributed by atoms with E-state index >= 15 is 0 Å². The maximum Gasteiger partial charge on any atom is 0.329 e. The van der Waals surface area contributed by atoms with Crippen LogP contribution in [0.3, 0.4) is 0 Å². The average Bonchev–Trinajstić information content (AvgIpc) is 2.55. The molecule has 1 N–H and O–H groups in total. The number of para-hydroxylation sites is 1. The smallest absolute Gasteiger partial charge is 0.329 e. The maximum atomic E-state index is 13.9. The first-order valence-electron chi connectivity index (χ1n) is 5.97. The van der Waals surface area contributed by atoms with Crippen molar-refractivity contribution in [2.24, 2.45) is 5.92 Å². The lowest BCUT2D eigenvalue weighted by Gasteiger charge is -2.19. The second-order valence-electron chi connectivity index (χ2n) is 4.84. The van der Waals surface area contributed by atoms with Crippen molar-refractivity contribution in [1.29, 1.82) is 0 Å². The second-order valence-corrected chi connectivity index (χ2v) is 4.84. The summed E-state index contributed by atoms with van der Waals surface area (Å²) in [4.78, 5) is 24.3. The number of carbonyl (C=O) groups excluding carboxylic acids is 1. The molecule has 1 aromatic rings. The lowest BCUT2D eigenvalue weighted by atomic mass is 10.1. The summed E-state index contributed by atoms with van der Waals surface area (Å²) in [6.07, 6.45) is 0.834. The largest absolute Gasteiger partial charge is 0.478 e. The molecular formula is C14H14FNO3. The van der Waals surface area contributed by atoms with Gasteiger partial charge in [-0.15, -0.1) is 0 Å². The molecule has 2 rings (SSSR count). The van der Waals surface area contributed by atoms with E-state index in [9.17, 15) is 14.0 Å². The van der Waals surface area contributed by atoms with Crippen LogP contribution in [0.5, 0.6) is 0 Å². The van der Waals surface area contributed by atoms with Gasteiger partial charge in [0, 0.05) is 18.2 Å². The zero-order valence-corrected chi connectivity index (χ0v) is 10.7. The highest BCUT2D eigenvalue weighted by Gasteiger charge is 2.35. The normalized spacial score (nSPS) is 16.3. The van der Waals surface area contributed by atoms with Gasteiger partial charge in [0.2, 0.25) is 0 Å². The minimum absolute atomic E-state index is 0.0302. The summed E-state index contributed by atoms with van der Waals surface area (Å²) in [5, 5.41) is 8.81. The van der Waals surface area contributed by atoms with Crippen LogP contribution < -0.4 is 4.90 Å². The van der Waals surface area contributed by atoms with Crippen LogP contribution in [0.1, 0.15) is 19.4 Å². The molecule has 0 atom stereocenters. The van der Waals surface area contributed by atoms with E-state index in [2.05, 4.69) is 0 Å². The molecular weight excluding hydrogens is 249 g/mol. The van der Waals surface area contributed by atoms with E-state index in [1.807, 2.05) is 13.8 Å². The molecule has 0 fully saturated rings. The van der Waals surface area contributed by atoms with Crippen molar-refractivity contribution < 1.29 is 19.1 Å². The third-order valence-corrected chi connectivity index (χ3v) is 2.84. The molecule has 5 heteroatoms. The molecule has 1 aliphatic heterocycles. The number of rotatable bonds is 3. The minimum atomic E-state index is -1.22. The highest BCUT2D eigenvalue weighted by atomic mass is 19.1. The highest BCUT2D eigenvalue weighted by molar-refractivity contribution is 6.34. The van der Waals surface area contributed by atoms with E-state index < -0.39 is 17.7 Å². The van der Waals surface area contributed by atoms with E-state index in [1.165, 1.54) is 17.0 Å². The number of carboxylic acid groups (broad SMARTS) is 1. The Bertz CT molecular complexity index is 578. The molecule has 1 heterocycles. The van der Waals surface area contributed by atoms with Gasteiger partial charge in [-0.3, -0.25) is 4.79 Å². The molecule has 0 bridgehead atoms. The number of fused-ring (bicyclic) bond motifs is 1. The number of nitrogens with zero attached hydrogens (tertiary/aromatic N) is 1. The molecule has 0 radical (unpaired) electrons. The Kier molecular flexibility index (Phi) is 3.38. The van der Waals surface area contributed by atoms with Gasteiger partial charge in [-0.25, -0.2) is 9.18 Å². The predicted octanol–water partition coefficient (Wildman–Crippen LogP) is 2.30. The van der Waals surface area contributed by atoms with Crippen molar-refractivity contribution in [2.45, 2.75) is 13.8 Å². The number of benzene rings is 1. The molecule has 100 valence electrons. The first kappa shape index (κ1) is 13.3. The Balaban J connectivity index is 2.59. The summed E-state index contributed by atoms with van der Waals surface area (Å²) in [6, 6.07) is 4.30. The van der Waals surface area contributed by atoms with Crippen LogP contribution in [0.2, 0.25) is 0 Å². The molecule has 0 aliphatic carbocycles. The number of carbonyl (C=O) groups is 2. The average molecular weight is 263 g/mol. The fourth-order valence-electron chi connectivity index (χ4n) is 2.17. The Labute approximate surface area is 110 Å². The Morgan fingerprint density at radius 2 is 2.16 bits per heavy atom. The lowest BCUT2D eigenvalue weighted by molar-refractivity contribution is -0.131. The summed E-state index contributed by atoms with van der Waals surface area (Å²) in [7, 11) is 0. The first-order valence-corrected chi connectivity index (χ1v) is 5.97. The number of carboxylic acids is 1. The molecule has 0 saturated heterocycles. The van der Waals surface area contributed by atoms with Crippen LogP contribution in [-0.4, -0.2) is 23.5 Å². The second kappa shape index (κ2) is 4.84. The first-order chi connectivity index (χ1) is 8.91. The van der Waals surface area contributed by atoms with E-state index in [0.29, 0.717) is 12.1 Å². The van der Waals surface area contributed by atoms with Gasteiger partial charge in [-0.05, 0) is 12.0 Å². The number of amides is 1. The molecule has 0 saturated carbocycles. The van der Waals surface area contributed by atoms with Crippen molar-refractivity contribution in [3.05, 3.63) is 35.7 Å².